The van der Waals surface area contributed by atoms with Crippen molar-refractivity contribution in [1.29, 1.82) is 0 Å². The van der Waals surface area contributed by atoms with Crippen molar-refractivity contribution in [3.63, 3.8) is 0 Å². The van der Waals surface area contributed by atoms with Crippen LogP contribution in [0.25, 0.3) is 0 Å². The molecule has 2 aromatic carbocycles. The number of methoxy groups -OCH3 is 2. The van der Waals surface area contributed by atoms with E-state index in [-0.39, 0.29) is 27.0 Å². The van der Waals surface area contributed by atoms with E-state index in [0.717, 1.165) is 0 Å². The zero-order chi connectivity index (χ0) is 29.1. The number of benzene rings is 2. The lowest BCUT2D eigenvalue weighted by molar-refractivity contribution is 0.402. The number of rotatable bonds is 6. The lowest BCUT2D eigenvalue weighted by Gasteiger charge is -2.09. The van der Waals surface area contributed by atoms with E-state index in [9.17, 15) is 16.8 Å². The average Bonchev–Trinajstić information content (AvgIpc) is 2.90. The molecule has 4 aromatic rings. The summed E-state index contributed by atoms with van der Waals surface area (Å²) in [5.74, 6) is 0.324. The predicted octanol–water partition coefficient (Wildman–Crippen LogP) is 5.66. The van der Waals surface area contributed by atoms with Crippen LogP contribution in [0.2, 0.25) is 10.0 Å². The van der Waals surface area contributed by atoms with Gasteiger partial charge in [-0.15, -0.1) is 0 Å². The summed E-state index contributed by atoms with van der Waals surface area (Å²) < 4.78 is 56.6. The molecule has 0 fully saturated rings. The van der Waals surface area contributed by atoms with Crippen molar-refractivity contribution in [3.05, 3.63) is 101 Å². The fourth-order valence-corrected chi connectivity index (χ4v) is 5.92. The Labute approximate surface area is 241 Å². The number of nitrogens with zero attached hydrogens (tertiary/aromatic N) is 2. The van der Waals surface area contributed by atoms with Crippen LogP contribution < -0.4 is 15.2 Å². The van der Waals surface area contributed by atoms with Crippen molar-refractivity contribution < 1.29 is 26.3 Å². The third-order valence-electron chi connectivity index (χ3n) is 4.61. The highest BCUT2D eigenvalue weighted by Gasteiger charge is 2.21. The molecule has 0 aliphatic rings. The SMILES string of the molecule is COc1ccc(Cl)cc1S(=O)(=O)Cc1cccnc1.COc1ccc(Cl)cc1S(=O)(=O)Cl.Nc1cccnc1. The Morgan fingerprint density at radius 1 is 0.769 bits per heavy atom. The first kappa shape index (κ1) is 32.1. The van der Waals surface area contributed by atoms with Crippen LogP contribution in [0.15, 0.2) is 95.2 Å². The van der Waals surface area contributed by atoms with Gasteiger partial charge in [0.15, 0.2) is 9.84 Å². The average molecular weight is 633 g/mol. The maximum Gasteiger partial charge on any atom is 0.265 e. The van der Waals surface area contributed by atoms with E-state index in [4.69, 9.17) is 49.1 Å². The first-order chi connectivity index (χ1) is 18.4. The zero-order valence-corrected chi connectivity index (χ0v) is 24.6. The van der Waals surface area contributed by atoms with Crippen LogP contribution in [0.4, 0.5) is 5.69 Å². The summed E-state index contributed by atoms with van der Waals surface area (Å²) in [5, 5.41) is 0.644. The smallest absolute Gasteiger partial charge is 0.265 e. The Kier molecular flexibility index (Phi) is 12.3. The molecule has 39 heavy (non-hydrogen) atoms. The molecular formula is C25H24Cl3N3O6S2. The largest absolute Gasteiger partial charge is 0.495 e. The highest BCUT2D eigenvalue weighted by atomic mass is 35.7. The van der Waals surface area contributed by atoms with E-state index in [1.165, 1.54) is 44.7 Å². The summed E-state index contributed by atoms with van der Waals surface area (Å²) in [6.45, 7) is 0. The van der Waals surface area contributed by atoms with Crippen molar-refractivity contribution in [3.8, 4) is 11.5 Å². The lowest BCUT2D eigenvalue weighted by atomic mass is 10.3. The van der Waals surface area contributed by atoms with Crippen LogP contribution in [0.1, 0.15) is 5.56 Å². The number of nitrogens with two attached hydrogens (primary N) is 1. The van der Waals surface area contributed by atoms with Gasteiger partial charge in [-0.2, -0.15) is 0 Å². The Morgan fingerprint density at radius 2 is 1.28 bits per heavy atom. The second-order valence-electron chi connectivity index (χ2n) is 7.43. The number of halogens is 3. The third kappa shape index (κ3) is 10.5. The lowest BCUT2D eigenvalue weighted by Crippen LogP contribution is -2.07. The summed E-state index contributed by atoms with van der Waals surface area (Å²) in [4.78, 5) is 7.63. The molecule has 0 aliphatic heterocycles. The highest BCUT2D eigenvalue weighted by Crippen LogP contribution is 2.30. The molecule has 2 heterocycles. The van der Waals surface area contributed by atoms with E-state index in [0.29, 0.717) is 21.3 Å². The van der Waals surface area contributed by atoms with Gasteiger partial charge in [0.1, 0.15) is 21.3 Å². The summed E-state index contributed by atoms with van der Waals surface area (Å²) >= 11 is 11.5. The van der Waals surface area contributed by atoms with Gasteiger partial charge in [0.25, 0.3) is 9.05 Å². The van der Waals surface area contributed by atoms with E-state index in [1.807, 2.05) is 0 Å². The molecule has 2 aromatic heterocycles. The molecular weight excluding hydrogens is 609 g/mol. The van der Waals surface area contributed by atoms with Gasteiger partial charge < -0.3 is 15.2 Å². The third-order valence-corrected chi connectivity index (χ3v) is 8.13. The van der Waals surface area contributed by atoms with Crippen LogP contribution in [0, 0.1) is 0 Å². The molecule has 0 atom stereocenters. The minimum Gasteiger partial charge on any atom is -0.495 e. The second kappa shape index (κ2) is 14.9. The van der Waals surface area contributed by atoms with Crippen LogP contribution in [-0.2, 0) is 24.6 Å². The van der Waals surface area contributed by atoms with Crippen molar-refractivity contribution >= 4 is 58.5 Å². The molecule has 208 valence electrons. The van der Waals surface area contributed by atoms with Gasteiger partial charge in [-0.25, -0.2) is 16.8 Å². The van der Waals surface area contributed by atoms with Gasteiger partial charge in [0.05, 0.1) is 25.7 Å². The Hall–Kier alpha value is -3.09. The van der Waals surface area contributed by atoms with Gasteiger partial charge >= 0.3 is 0 Å². The summed E-state index contributed by atoms with van der Waals surface area (Å²) in [6.07, 6.45) is 6.42. The zero-order valence-electron chi connectivity index (χ0n) is 20.7. The van der Waals surface area contributed by atoms with Crippen molar-refractivity contribution in [2.45, 2.75) is 15.5 Å². The highest BCUT2D eigenvalue weighted by molar-refractivity contribution is 8.13. The molecule has 2 N–H and O–H groups in total. The van der Waals surface area contributed by atoms with Gasteiger partial charge in [-0.1, -0.05) is 29.3 Å². The summed E-state index contributed by atoms with van der Waals surface area (Å²) in [6, 6.07) is 15.7. The predicted molar refractivity (Wildman–Crippen MR) is 153 cm³/mol. The number of nitrogen functional groups attached to an aromatic ring is 1. The number of ether oxygens (including phenoxy) is 2. The van der Waals surface area contributed by atoms with E-state index in [1.54, 1.807) is 55.0 Å². The molecule has 0 spiro atoms. The van der Waals surface area contributed by atoms with Crippen molar-refractivity contribution in [2.75, 3.05) is 20.0 Å². The molecule has 4 rings (SSSR count). The number of hydrogen-bond donors (Lipinski definition) is 1. The van der Waals surface area contributed by atoms with Gasteiger partial charge in [-0.05, 0) is 60.2 Å². The fraction of sp³-hybridized carbons (Fsp3) is 0.120. The molecule has 0 saturated carbocycles. The quantitative estimate of drug-likeness (QED) is 0.267. The monoisotopic (exact) mass is 631 g/mol. The fourth-order valence-electron chi connectivity index (χ4n) is 2.89. The van der Waals surface area contributed by atoms with Crippen LogP contribution in [0.5, 0.6) is 11.5 Å². The van der Waals surface area contributed by atoms with Crippen molar-refractivity contribution in [1.82, 2.24) is 9.97 Å². The molecule has 0 bridgehead atoms. The summed E-state index contributed by atoms with van der Waals surface area (Å²) in [5.41, 5.74) is 6.62. The minimum absolute atomic E-state index is 0.0892. The molecule has 0 aliphatic carbocycles. The van der Waals surface area contributed by atoms with Gasteiger partial charge in [0.2, 0.25) is 0 Å². The molecule has 0 unspecified atom stereocenters. The Bertz CT molecular complexity index is 1580. The maximum atomic E-state index is 12.4. The van der Waals surface area contributed by atoms with Crippen LogP contribution in [-0.4, -0.2) is 41.0 Å². The number of aromatic nitrogens is 2. The van der Waals surface area contributed by atoms with E-state index < -0.39 is 18.9 Å². The van der Waals surface area contributed by atoms with Crippen LogP contribution >= 0.6 is 33.9 Å². The molecule has 0 saturated heterocycles. The first-order valence-electron chi connectivity index (χ1n) is 10.8. The number of sulfone groups is 1. The number of anilines is 1. The topological polar surface area (TPSA) is 139 Å². The van der Waals surface area contributed by atoms with Gasteiger partial charge in [-0.3, -0.25) is 9.97 Å². The summed E-state index contributed by atoms with van der Waals surface area (Å²) in [7, 11) is 0.594. The van der Waals surface area contributed by atoms with Crippen LogP contribution in [0.3, 0.4) is 0 Å². The Balaban J connectivity index is 0.000000229. The first-order valence-corrected chi connectivity index (χ1v) is 15.5. The minimum atomic E-state index is -3.81. The standard InChI is InChI=1S/C13H12ClNO3S.C7H6Cl2O3S.C5H6N2/c1-18-12-5-4-11(14)7-13(12)19(16,17)9-10-3-2-6-15-8-10;1-12-6-3-2-5(8)4-7(6)13(9,10)11;6-5-2-1-3-7-4-5/h2-8H,9H2,1H3;2-4H,1H3;1-4H,6H2. The normalized spacial score (nSPS) is 10.8. The number of hydrogen-bond acceptors (Lipinski definition) is 9. The molecule has 0 amide bonds. The second-order valence-corrected chi connectivity index (χ2v) is 12.8. The van der Waals surface area contributed by atoms with E-state index >= 15 is 0 Å². The van der Waals surface area contributed by atoms with Crippen molar-refractivity contribution in [2.24, 2.45) is 0 Å². The molecule has 0 radical (unpaired) electrons. The van der Waals surface area contributed by atoms with Gasteiger partial charge in [0, 0.05) is 45.5 Å². The molecule has 9 nitrogen and oxygen atoms in total. The number of pyridine rings is 2. The molecule has 14 heteroatoms. The maximum absolute atomic E-state index is 12.4. The van der Waals surface area contributed by atoms with E-state index in [2.05, 4.69) is 9.97 Å². The Morgan fingerprint density at radius 3 is 1.69 bits per heavy atom.